The maximum absolute atomic E-state index is 12.7. The van der Waals surface area contributed by atoms with Crippen molar-refractivity contribution in [2.75, 3.05) is 23.3 Å². The molecule has 0 saturated carbocycles. The van der Waals surface area contributed by atoms with Gasteiger partial charge in [-0.25, -0.2) is 8.42 Å². The van der Waals surface area contributed by atoms with E-state index in [1.54, 1.807) is 30.3 Å². The minimum absolute atomic E-state index is 0.0777. The molecular weight excluding hydrogens is 436 g/mol. The van der Waals surface area contributed by atoms with Crippen LogP contribution in [0.2, 0.25) is 0 Å². The van der Waals surface area contributed by atoms with Gasteiger partial charge < -0.3 is 14.8 Å². The van der Waals surface area contributed by atoms with E-state index in [-0.39, 0.29) is 10.8 Å². The molecular formula is C22H22N2O5S2. The van der Waals surface area contributed by atoms with Crippen LogP contribution in [0.5, 0.6) is 11.5 Å². The topological polar surface area (TPSA) is 93.7 Å². The Balaban J connectivity index is 1.44. The lowest BCUT2D eigenvalue weighted by Gasteiger charge is -2.19. The summed E-state index contributed by atoms with van der Waals surface area (Å²) in [4.78, 5) is 14.3. The lowest BCUT2D eigenvalue weighted by atomic mass is 10.2. The van der Waals surface area contributed by atoms with Crippen molar-refractivity contribution in [2.24, 2.45) is 0 Å². The predicted molar refractivity (Wildman–Crippen MR) is 121 cm³/mol. The number of carbonyl (C=O) groups excluding carboxylic acids is 1. The summed E-state index contributed by atoms with van der Waals surface area (Å²) in [6, 6.07) is 12.9. The Morgan fingerprint density at radius 1 is 1.00 bits per heavy atom. The monoisotopic (exact) mass is 458 g/mol. The fraction of sp³-hybridized carbons (Fsp3) is 0.227. The van der Waals surface area contributed by atoms with Crippen molar-refractivity contribution < 1.29 is 22.7 Å². The van der Waals surface area contributed by atoms with Crippen molar-refractivity contribution in [1.29, 1.82) is 0 Å². The summed E-state index contributed by atoms with van der Waals surface area (Å²) in [5.41, 5.74) is 2.13. The molecule has 0 bridgehead atoms. The summed E-state index contributed by atoms with van der Waals surface area (Å²) >= 11 is 1.46. The van der Waals surface area contributed by atoms with Crippen molar-refractivity contribution in [3.05, 3.63) is 63.8 Å². The van der Waals surface area contributed by atoms with Crippen molar-refractivity contribution in [3.63, 3.8) is 0 Å². The van der Waals surface area contributed by atoms with Gasteiger partial charge in [0.05, 0.1) is 9.77 Å². The fourth-order valence-corrected chi connectivity index (χ4v) is 5.28. The molecule has 31 heavy (non-hydrogen) atoms. The van der Waals surface area contributed by atoms with Gasteiger partial charge >= 0.3 is 0 Å². The van der Waals surface area contributed by atoms with Gasteiger partial charge in [-0.05, 0) is 61.4 Å². The molecule has 1 amide bonds. The zero-order chi connectivity index (χ0) is 22.0. The van der Waals surface area contributed by atoms with E-state index in [1.165, 1.54) is 29.0 Å². The lowest BCUT2D eigenvalue weighted by molar-refractivity contribution is 0.103. The fourth-order valence-electron chi connectivity index (χ4n) is 3.20. The first-order chi connectivity index (χ1) is 14.9. The van der Waals surface area contributed by atoms with Crippen LogP contribution in [0.25, 0.3) is 0 Å². The van der Waals surface area contributed by atoms with Crippen LogP contribution in [0.1, 0.15) is 27.0 Å². The van der Waals surface area contributed by atoms with E-state index in [9.17, 15) is 13.2 Å². The Morgan fingerprint density at radius 2 is 1.68 bits per heavy atom. The Labute approximate surface area is 185 Å². The van der Waals surface area contributed by atoms with Crippen molar-refractivity contribution in [1.82, 2.24) is 0 Å². The number of thiophene rings is 1. The van der Waals surface area contributed by atoms with E-state index in [0.717, 1.165) is 11.3 Å². The minimum Gasteiger partial charge on any atom is -0.486 e. The highest BCUT2D eigenvalue weighted by Gasteiger charge is 2.19. The molecule has 1 aliphatic rings. The van der Waals surface area contributed by atoms with Crippen LogP contribution in [0.15, 0.2) is 53.4 Å². The maximum atomic E-state index is 12.7. The standard InChI is InChI=1S/C22H22N2O5S2/c1-3-15-12-21(30-14(15)2)22(25)23-16-4-6-17(7-5-16)24-31(26,27)18-8-9-19-20(13-18)29-11-10-28-19/h4-9,12-13,24H,3,10-11H2,1-2H3,(H,23,25). The highest BCUT2D eigenvalue weighted by atomic mass is 32.2. The Bertz CT molecular complexity index is 1220. The molecule has 0 radical (unpaired) electrons. The summed E-state index contributed by atoms with van der Waals surface area (Å²) in [5, 5.41) is 2.84. The molecule has 2 N–H and O–H groups in total. The summed E-state index contributed by atoms with van der Waals surface area (Å²) in [6.45, 7) is 4.87. The minimum atomic E-state index is -3.80. The molecule has 1 aliphatic heterocycles. The van der Waals surface area contributed by atoms with Gasteiger partial charge in [-0.2, -0.15) is 0 Å². The van der Waals surface area contributed by atoms with Crippen LogP contribution in [-0.4, -0.2) is 27.5 Å². The third-order valence-electron chi connectivity index (χ3n) is 4.84. The van der Waals surface area contributed by atoms with E-state index in [1.807, 2.05) is 13.0 Å². The molecule has 0 saturated heterocycles. The van der Waals surface area contributed by atoms with Gasteiger partial charge in [-0.3, -0.25) is 9.52 Å². The third kappa shape index (κ3) is 4.67. The summed E-state index contributed by atoms with van der Waals surface area (Å²) < 4.78 is 38.9. The maximum Gasteiger partial charge on any atom is 0.265 e. The summed E-state index contributed by atoms with van der Waals surface area (Å²) in [5.74, 6) is 0.747. The highest BCUT2D eigenvalue weighted by molar-refractivity contribution is 7.92. The van der Waals surface area contributed by atoms with Crippen LogP contribution in [0.3, 0.4) is 0 Å². The number of aryl methyl sites for hydroxylation is 2. The molecule has 0 fully saturated rings. The van der Waals surface area contributed by atoms with Gasteiger partial charge in [0.1, 0.15) is 13.2 Å². The second-order valence-electron chi connectivity index (χ2n) is 6.99. The molecule has 2 aromatic carbocycles. The molecule has 0 atom stereocenters. The number of ether oxygens (including phenoxy) is 2. The van der Waals surface area contributed by atoms with Crippen LogP contribution < -0.4 is 19.5 Å². The number of carbonyl (C=O) groups is 1. The van der Waals surface area contributed by atoms with E-state index in [0.29, 0.717) is 41.0 Å². The first-order valence-corrected chi connectivity index (χ1v) is 12.1. The normalized spacial score (nSPS) is 13.0. The van der Waals surface area contributed by atoms with Gasteiger partial charge in [0.15, 0.2) is 11.5 Å². The zero-order valence-corrected chi connectivity index (χ0v) is 18.7. The number of nitrogens with one attached hydrogen (secondary N) is 2. The van der Waals surface area contributed by atoms with E-state index in [4.69, 9.17) is 9.47 Å². The first-order valence-electron chi connectivity index (χ1n) is 9.79. The molecule has 4 rings (SSSR count). The van der Waals surface area contributed by atoms with Gasteiger partial charge in [0.25, 0.3) is 15.9 Å². The number of rotatable bonds is 6. The molecule has 0 unspecified atom stereocenters. The average molecular weight is 459 g/mol. The summed E-state index contributed by atoms with van der Waals surface area (Å²) in [7, 11) is -3.80. The second-order valence-corrected chi connectivity index (χ2v) is 9.93. The largest absolute Gasteiger partial charge is 0.486 e. The van der Waals surface area contributed by atoms with Crippen LogP contribution >= 0.6 is 11.3 Å². The third-order valence-corrected chi connectivity index (χ3v) is 7.31. The number of hydrogen-bond acceptors (Lipinski definition) is 6. The number of fused-ring (bicyclic) bond motifs is 1. The molecule has 0 spiro atoms. The van der Waals surface area contributed by atoms with Gasteiger partial charge in [0.2, 0.25) is 0 Å². The van der Waals surface area contributed by atoms with E-state index < -0.39 is 10.0 Å². The van der Waals surface area contributed by atoms with Crippen molar-refractivity contribution in [2.45, 2.75) is 25.2 Å². The number of hydrogen-bond donors (Lipinski definition) is 2. The van der Waals surface area contributed by atoms with Gasteiger partial charge in [-0.15, -0.1) is 11.3 Å². The van der Waals surface area contributed by atoms with Gasteiger partial charge in [-0.1, -0.05) is 6.92 Å². The number of benzene rings is 2. The summed E-state index contributed by atoms with van der Waals surface area (Å²) in [6.07, 6.45) is 0.883. The molecule has 1 aromatic heterocycles. The van der Waals surface area contributed by atoms with E-state index in [2.05, 4.69) is 17.0 Å². The number of anilines is 2. The Hall–Kier alpha value is -3.04. The van der Waals surface area contributed by atoms with Crippen LogP contribution in [0, 0.1) is 6.92 Å². The Kier molecular flexibility index (Phi) is 5.88. The predicted octanol–water partition coefficient (Wildman–Crippen LogP) is 4.44. The molecule has 3 aromatic rings. The molecule has 9 heteroatoms. The SMILES string of the molecule is CCc1cc(C(=O)Nc2ccc(NS(=O)(=O)c3ccc4c(c3)OCCO4)cc2)sc1C. The van der Waals surface area contributed by atoms with Crippen LogP contribution in [-0.2, 0) is 16.4 Å². The smallest absolute Gasteiger partial charge is 0.265 e. The number of sulfonamides is 1. The Morgan fingerprint density at radius 3 is 2.35 bits per heavy atom. The molecule has 2 heterocycles. The zero-order valence-electron chi connectivity index (χ0n) is 17.1. The molecule has 0 aliphatic carbocycles. The molecule has 162 valence electrons. The molecule has 7 nitrogen and oxygen atoms in total. The van der Waals surface area contributed by atoms with Crippen molar-refractivity contribution in [3.8, 4) is 11.5 Å². The van der Waals surface area contributed by atoms with E-state index >= 15 is 0 Å². The van der Waals surface area contributed by atoms with Gasteiger partial charge in [0, 0.05) is 22.3 Å². The second kappa shape index (κ2) is 8.60. The average Bonchev–Trinajstić information content (AvgIpc) is 3.15. The highest BCUT2D eigenvalue weighted by Crippen LogP contribution is 2.33. The lowest BCUT2D eigenvalue weighted by Crippen LogP contribution is -2.17. The van der Waals surface area contributed by atoms with Crippen molar-refractivity contribution >= 4 is 38.6 Å². The first kappa shape index (κ1) is 21.2. The number of amides is 1. The van der Waals surface area contributed by atoms with Crippen LogP contribution in [0.4, 0.5) is 11.4 Å². The quantitative estimate of drug-likeness (QED) is 0.569.